The maximum absolute atomic E-state index is 5.67. The average Bonchev–Trinajstić information content (AvgIpc) is 2.89. The van der Waals surface area contributed by atoms with Crippen LogP contribution in [0.15, 0.2) is 29.8 Å². The van der Waals surface area contributed by atoms with E-state index in [1.54, 1.807) is 5.51 Å². The summed E-state index contributed by atoms with van der Waals surface area (Å²) in [7, 11) is 4.13. The molecular weight excluding hydrogens is 246 g/mol. The van der Waals surface area contributed by atoms with Gasteiger partial charge in [-0.2, -0.15) is 0 Å². The molecule has 0 saturated heterocycles. The molecule has 0 aliphatic rings. The van der Waals surface area contributed by atoms with Crippen molar-refractivity contribution in [1.29, 1.82) is 0 Å². The van der Waals surface area contributed by atoms with E-state index in [1.807, 2.05) is 24.3 Å². The van der Waals surface area contributed by atoms with E-state index in [4.69, 9.17) is 4.74 Å². The van der Waals surface area contributed by atoms with Gasteiger partial charge in [-0.3, -0.25) is 0 Å². The lowest BCUT2D eigenvalue weighted by atomic mass is 10.2. The van der Waals surface area contributed by atoms with Gasteiger partial charge in [-0.15, -0.1) is 10.2 Å². The van der Waals surface area contributed by atoms with Crippen LogP contribution in [-0.4, -0.2) is 42.3 Å². The molecule has 0 aliphatic carbocycles. The lowest BCUT2D eigenvalue weighted by Crippen LogP contribution is -2.15. The molecule has 0 aliphatic heterocycles. The minimum absolute atomic E-state index is 0.746. The van der Waals surface area contributed by atoms with Crippen LogP contribution < -0.4 is 4.74 Å². The summed E-state index contributed by atoms with van der Waals surface area (Å²) in [5.41, 5.74) is 2.82. The predicted molar refractivity (Wildman–Crippen MR) is 74.0 cm³/mol. The smallest absolute Gasteiger partial charge is 0.147 e. The molecule has 5 heteroatoms. The first-order chi connectivity index (χ1) is 8.75. The van der Waals surface area contributed by atoms with Gasteiger partial charge in [0.15, 0.2) is 0 Å². The Kier molecular flexibility index (Phi) is 4.66. The lowest BCUT2D eigenvalue weighted by Gasteiger charge is -2.10. The van der Waals surface area contributed by atoms with E-state index < -0.39 is 0 Å². The van der Waals surface area contributed by atoms with E-state index in [9.17, 15) is 0 Å². The first kappa shape index (κ1) is 13.0. The first-order valence-corrected chi connectivity index (χ1v) is 6.78. The van der Waals surface area contributed by atoms with Gasteiger partial charge in [-0.25, -0.2) is 0 Å². The summed E-state index contributed by atoms with van der Waals surface area (Å²) in [6, 6.07) is 7.99. The highest BCUT2D eigenvalue weighted by Crippen LogP contribution is 2.23. The summed E-state index contributed by atoms with van der Waals surface area (Å²) >= 11 is 1.54. The van der Waals surface area contributed by atoms with Gasteiger partial charge in [0.05, 0.1) is 6.61 Å². The van der Waals surface area contributed by atoms with Crippen molar-refractivity contribution in [2.24, 2.45) is 0 Å². The fourth-order valence-corrected chi connectivity index (χ4v) is 2.12. The van der Waals surface area contributed by atoms with Crippen molar-refractivity contribution in [3.05, 3.63) is 29.8 Å². The van der Waals surface area contributed by atoms with Crippen molar-refractivity contribution in [2.75, 3.05) is 27.2 Å². The van der Waals surface area contributed by atoms with Gasteiger partial charge in [-0.1, -0.05) is 11.3 Å². The molecule has 2 aromatic rings. The number of hydrogen-bond acceptors (Lipinski definition) is 5. The molecule has 0 atom stereocenters. The second-order valence-electron chi connectivity index (χ2n) is 4.27. The Balaban J connectivity index is 1.84. The molecule has 18 heavy (non-hydrogen) atoms. The number of rotatable bonds is 6. The van der Waals surface area contributed by atoms with Crippen molar-refractivity contribution in [2.45, 2.75) is 6.42 Å². The van der Waals surface area contributed by atoms with Gasteiger partial charge >= 0.3 is 0 Å². The molecule has 0 fully saturated rings. The molecule has 0 unspecified atom stereocenters. The van der Waals surface area contributed by atoms with E-state index in [-0.39, 0.29) is 0 Å². The van der Waals surface area contributed by atoms with Crippen molar-refractivity contribution < 1.29 is 4.74 Å². The second kappa shape index (κ2) is 6.47. The van der Waals surface area contributed by atoms with Crippen molar-refractivity contribution in [3.8, 4) is 16.3 Å². The van der Waals surface area contributed by atoms with Crippen LogP contribution in [0.25, 0.3) is 10.6 Å². The van der Waals surface area contributed by atoms with E-state index in [1.165, 1.54) is 11.3 Å². The topological polar surface area (TPSA) is 38.2 Å². The third-order valence-corrected chi connectivity index (χ3v) is 3.22. The van der Waals surface area contributed by atoms with Crippen LogP contribution in [-0.2, 0) is 0 Å². The third-order valence-electron chi connectivity index (χ3n) is 2.48. The van der Waals surface area contributed by atoms with Crippen LogP contribution in [0.4, 0.5) is 0 Å². The molecule has 0 amide bonds. The van der Waals surface area contributed by atoms with Gasteiger partial charge < -0.3 is 9.64 Å². The maximum atomic E-state index is 5.67. The summed E-state index contributed by atoms with van der Waals surface area (Å²) in [5, 5.41) is 8.80. The minimum atomic E-state index is 0.746. The molecule has 0 saturated carbocycles. The van der Waals surface area contributed by atoms with Gasteiger partial charge in [0, 0.05) is 12.1 Å². The molecule has 0 N–H and O–H groups in total. The molecule has 2 rings (SSSR count). The first-order valence-electron chi connectivity index (χ1n) is 5.90. The zero-order valence-electron chi connectivity index (χ0n) is 10.7. The van der Waals surface area contributed by atoms with E-state index in [0.29, 0.717) is 0 Å². The molecule has 96 valence electrons. The lowest BCUT2D eigenvalue weighted by molar-refractivity contribution is 0.281. The van der Waals surface area contributed by atoms with Crippen molar-refractivity contribution in [1.82, 2.24) is 15.1 Å². The summed E-state index contributed by atoms with van der Waals surface area (Å²) in [6.45, 7) is 1.79. The van der Waals surface area contributed by atoms with Gasteiger partial charge in [0.1, 0.15) is 16.3 Å². The molecule has 1 aromatic carbocycles. The van der Waals surface area contributed by atoms with Crippen LogP contribution in [0.5, 0.6) is 5.75 Å². The van der Waals surface area contributed by atoms with Crippen LogP contribution in [0, 0.1) is 0 Å². The van der Waals surface area contributed by atoms with Crippen molar-refractivity contribution >= 4 is 11.3 Å². The van der Waals surface area contributed by atoms with Crippen LogP contribution >= 0.6 is 11.3 Å². The maximum Gasteiger partial charge on any atom is 0.147 e. The van der Waals surface area contributed by atoms with E-state index >= 15 is 0 Å². The Labute approximate surface area is 111 Å². The zero-order chi connectivity index (χ0) is 12.8. The number of nitrogens with zero attached hydrogens (tertiary/aromatic N) is 3. The van der Waals surface area contributed by atoms with Crippen LogP contribution in [0.2, 0.25) is 0 Å². The largest absolute Gasteiger partial charge is 0.494 e. The molecule has 0 bridgehead atoms. The quantitative estimate of drug-likeness (QED) is 0.751. The molecule has 4 nitrogen and oxygen atoms in total. The fourth-order valence-electron chi connectivity index (χ4n) is 1.56. The Morgan fingerprint density at radius 3 is 2.61 bits per heavy atom. The number of hydrogen-bond donors (Lipinski definition) is 0. The monoisotopic (exact) mass is 263 g/mol. The average molecular weight is 263 g/mol. The zero-order valence-corrected chi connectivity index (χ0v) is 11.5. The molecule has 1 aromatic heterocycles. The van der Waals surface area contributed by atoms with Crippen molar-refractivity contribution in [3.63, 3.8) is 0 Å². The Hall–Kier alpha value is -1.46. The van der Waals surface area contributed by atoms with E-state index in [2.05, 4.69) is 29.2 Å². The number of benzene rings is 1. The Morgan fingerprint density at radius 1 is 1.22 bits per heavy atom. The van der Waals surface area contributed by atoms with Gasteiger partial charge in [-0.05, 0) is 44.8 Å². The van der Waals surface area contributed by atoms with Gasteiger partial charge in [0.2, 0.25) is 0 Å². The highest BCUT2D eigenvalue weighted by atomic mass is 32.1. The summed E-state index contributed by atoms with van der Waals surface area (Å²) in [5.74, 6) is 0.905. The van der Waals surface area contributed by atoms with Gasteiger partial charge in [0.25, 0.3) is 0 Å². The summed E-state index contributed by atoms with van der Waals surface area (Å²) in [4.78, 5) is 2.15. The Bertz CT molecular complexity index is 454. The van der Waals surface area contributed by atoms with Crippen LogP contribution in [0.1, 0.15) is 6.42 Å². The third kappa shape index (κ3) is 3.78. The molecule has 0 radical (unpaired) electrons. The Morgan fingerprint density at radius 2 is 2.00 bits per heavy atom. The predicted octanol–water partition coefficient (Wildman–Crippen LogP) is 2.54. The SMILES string of the molecule is CN(C)CCCOc1ccc(-c2nncs2)cc1. The second-order valence-corrected chi connectivity index (χ2v) is 5.11. The summed E-state index contributed by atoms with van der Waals surface area (Å²) < 4.78 is 5.67. The fraction of sp³-hybridized carbons (Fsp3) is 0.385. The number of ether oxygens (including phenoxy) is 1. The summed E-state index contributed by atoms with van der Waals surface area (Å²) in [6.07, 6.45) is 1.03. The van der Waals surface area contributed by atoms with E-state index in [0.717, 1.165) is 35.9 Å². The van der Waals surface area contributed by atoms with Crippen LogP contribution in [0.3, 0.4) is 0 Å². The highest BCUT2D eigenvalue weighted by molar-refractivity contribution is 7.12. The normalized spacial score (nSPS) is 10.8. The number of aromatic nitrogens is 2. The molecule has 0 spiro atoms. The molecule has 1 heterocycles. The highest BCUT2D eigenvalue weighted by Gasteiger charge is 2.01. The standard InChI is InChI=1S/C13H17N3OS/c1-16(2)8-3-9-17-12-6-4-11(5-7-12)13-15-14-10-18-13/h4-7,10H,3,8-9H2,1-2H3. The minimum Gasteiger partial charge on any atom is -0.494 e. The molecular formula is C13H17N3OS.